The smallest absolute Gasteiger partial charge is 0.222 e. The van der Waals surface area contributed by atoms with E-state index in [9.17, 15) is 5.11 Å². The number of hydrogen-bond acceptors (Lipinski definition) is 5. The summed E-state index contributed by atoms with van der Waals surface area (Å²) in [4.78, 5) is 11.2. The summed E-state index contributed by atoms with van der Waals surface area (Å²) in [5, 5.41) is 9.52. The van der Waals surface area contributed by atoms with Gasteiger partial charge in [-0.1, -0.05) is 54.6 Å². The Morgan fingerprint density at radius 2 is 1.74 bits per heavy atom. The highest BCUT2D eigenvalue weighted by atomic mass is 16.3. The van der Waals surface area contributed by atoms with Crippen LogP contribution in [0.2, 0.25) is 0 Å². The molecule has 2 aromatic carbocycles. The van der Waals surface area contributed by atoms with E-state index in [-0.39, 0.29) is 18.5 Å². The molecule has 1 atom stereocenters. The minimum absolute atomic E-state index is 0.209. The number of anilines is 2. The topological polar surface area (TPSA) is 75.3 Å². The summed E-state index contributed by atoms with van der Waals surface area (Å²) in [6.07, 6.45) is 2.10. The van der Waals surface area contributed by atoms with Gasteiger partial charge in [-0.15, -0.1) is 0 Å². The van der Waals surface area contributed by atoms with Crippen molar-refractivity contribution in [2.24, 2.45) is 5.92 Å². The number of benzene rings is 2. The van der Waals surface area contributed by atoms with Crippen molar-refractivity contribution in [3.05, 3.63) is 60.7 Å². The largest absolute Gasteiger partial charge is 0.396 e. The van der Waals surface area contributed by atoms with Gasteiger partial charge in [-0.05, 0) is 29.9 Å². The van der Waals surface area contributed by atoms with Crippen LogP contribution in [-0.2, 0) is 0 Å². The molecule has 1 aromatic heterocycles. The number of nitrogens with zero attached hydrogens (tertiary/aromatic N) is 3. The third-order valence-electron chi connectivity index (χ3n) is 5.12. The maximum Gasteiger partial charge on any atom is 0.222 e. The van der Waals surface area contributed by atoms with Crippen molar-refractivity contribution < 1.29 is 5.11 Å². The van der Waals surface area contributed by atoms with E-state index in [1.54, 1.807) is 0 Å². The van der Waals surface area contributed by atoms with Gasteiger partial charge >= 0.3 is 0 Å². The van der Waals surface area contributed by atoms with E-state index in [1.807, 2.05) is 36.4 Å². The molecule has 1 aliphatic rings. The molecule has 1 saturated heterocycles. The molecule has 1 aliphatic heterocycles. The average molecular weight is 360 g/mol. The van der Waals surface area contributed by atoms with Crippen LogP contribution in [0.4, 0.5) is 11.8 Å². The second kappa shape index (κ2) is 7.76. The number of rotatable bonds is 4. The summed E-state index contributed by atoms with van der Waals surface area (Å²) < 4.78 is 0. The molecular weight excluding hydrogens is 336 g/mol. The standard InChI is InChI=1S/C22H24N4O/c23-22-24-20(13-21(25-22)26-12-6-7-16(14-26)15-27)19-11-5-4-10-18(19)17-8-2-1-3-9-17/h1-5,8-11,13,16,27H,6-7,12,14-15H2,(H2,23,24,25). The molecule has 5 nitrogen and oxygen atoms in total. The van der Waals surface area contributed by atoms with E-state index < -0.39 is 0 Å². The van der Waals surface area contributed by atoms with Gasteiger partial charge in [0.15, 0.2) is 0 Å². The highest BCUT2D eigenvalue weighted by Gasteiger charge is 2.21. The number of nitrogen functional groups attached to an aromatic ring is 1. The van der Waals surface area contributed by atoms with E-state index in [0.717, 1.165) is 54.1 Å². The van der Waals surface area contributed by atoms with Crippen LogP contribution in [0.15, 0.2) is 60.7 Å². The lowest BCUT2D eigenvalue weighted by atomic mass is 9.97. The Balaban J connectivity index is 1.75. The Hall–Kier alpha value is -2.92. The second-order valence-electron chi connectivity index (χ2n) is 7.02. The first-order valence-electron chi connectivity index (χ1n) is 9.40. The predicted molar refractivity (Wildman–Crippen MR) is 109 cm³/mol. The summed E-state index contributed by atoms with van der Waals surface area (Å²) in [5.74, 6) is 1.39. The minimum atomic E-state index is 0.209. The summed E-state index contributed by atoms with van der Waals surface area (Å²) in [5.41, 5.74) is 10.2. The van der Waals surface area contributed by atoms with Gasteiger partial charge in [0.05, 0.1) is 5.69 Å². The maximum atomic E-state index is 9.52. The van der Waals surface area contributed by atoms with Gasteiger partial charge in [0, 0.05) is 31.3 Å². The van der Waals surface area contributed by atoms with Crippen molar-refractivity contribution in [1.29, 1.82) is 0 Å². The molecule has 138 valence electrons. The van der Waals surface area contributed by atoms with E-state index in [1.165, 1.54) is 0 Å². The minimum Gasteiger partial charge on any atom is -0.396 e. The molecule has 5 heteroatoms. The van der Waals surface area contributed by atoms with E-state index >= 15 is 0 Å². The summed E-state index contributed by atoms with van der Waals surface area (Å²) in [6, 6.07) is 20.5. The zero-order valence-corrected chi connectivity index (χ0v) is 15.3. The zero-order valence-electron chi connectivity index (χ0n) is 15.3. The van der Waals surface area contributed by atoms with E-state index in [0.29, 0.717) is 0 Å². The molecule has 2 heterocycles. The predicted octanol–water partition coefficient (Wildman–Crippen LogP) is 3.60. The van der Waals surface area contributed by atoms with Gasteiger partial charge in [0.1, 0.15) is 5.82 Å². The van der Waals surface area contributed by atoms with E-state index in [2.05, 4.69) is 39.1 Å². The molecule has 0 saturated carbocycles. The molecule has 0 radical (unpaired) electrons. The number of hydrogen-bond donors (Lipinski definition) is 2. The third-order valence-corrected chi connectivity index (χ3v) is 5.12. The summed E-state index contributed by atoms with van der Waals surface area (Å²) in [7, 11) is 0. The number of piperidine rings is 1. The van der Waals surface area contributed by atoms with Crippen molar-refractivity contribution in [3.63, 3.8) is 0 Å². The Morgan fingerprint density at radius 3 is 2.52 bits per heavy atom. The lowest BCUT2D eigenvalue weighted by Gasteiger charge is -2.32. The Bertz CT molecular complexity index is 913. The highest BCUT2D eigenvalue weighted by molar-refractivity contribution is 5.82. The van der Waals surface area contributed by atoms with Gasteiger partial charge in [-0.2, -0.15) is 4.98 Å². The lowest BCUT2D eigenvalue weighted by Crippen LogP contribution is -2.37. The Morgan fingerprint density at radius 1 is 1.00 bits per heavy atom. The molecule has 0 aliphatic carbocycles. The van der Waals surface area contributed by atoms with Crippen LogP contribution in [0, 0.1) is 5.92 Å². The molecule has 0 spiro atoms. The molecule has 3 aromatic rings. The Kier molecular flexibility index (Phi) is 5.03. The quantitative estimate of drug-likeness (QED) is 0.743. The monoisotopic (exact) mass is 360 g/mol. The molecule has 1 unspecified atom stereocenters. The number of aromatic nitrogens is 2. The number of nitrogens with two attached hydrogens (primary N) is 1. The lowest BCUT2D eigenvalue weighted by molar-refractivity contribution is 0.208. The molecule has 0 amide bonds. The molecule has 0 bridgehead atoms. The zero-order chi connectivity index (χ0) is 18.6. The number of aliphatic hydroxyl groups excluding tert-OH is 1. The number of aliphatic hydroxyl groups is 1. The molecule has 27 heavy (non-hydrogen) atoms. The van der Waals surface area contributed by atoms with Crippen LogP contribution >= 0.6 is 0 Å². The second-order valence-corrected chi connectivity index (χ2v) is 7.02. The van der Waals surface area contributed by atoms with Gasteiger partial charge < -0.3 is 15.7 Å². The highest BCUT2D eigenvalue weighted by Crippen LogP contribution is 2.33. The van der Waals surface area contributed by atoms with Crippen LogP contribution in [0.5, 0.6) is 0 Å². The fourth-order valence-electron chi connectivity index (χ4n) is 3.75. The van der Waals surface area contributed by atoms with Gasteiger partial charge in [-0.3, -0.25) is 0 Å². The third kappa shape index (κ3) is 3.78. The van der Waals surface area contributed by atoms with Crippen molar-refractivity contribution >= 4 is 11.8 Å². The molecule has 3 N–H and O–H groups in total. The van der Waals surface area contributed by atoms with Crippen LogP contribution in [0.25, 0.3) is 22.4 Å². The van der Waals surface area contributed by atoms with Crippen LogP contribution in [0.3, 0.4) is 0 Å². The first-order chi connectivity index (χ1) is 13.2. The van der Waals surface area contributed by atoms with Crippen LogP contribution in [-0.4, -0.2) is 34.8 Å². The molecule has 4 rings (SSSR count). The summed E-state index contributed by atoms with van der Waals surface area (Å²) >= 11 is 0. The molecular formula is C22H24N4O. The van der Waals surface area contributed by atoms with Crippen LogP contribution < -0.4 is 10.6 Å². The maximum absolute atomic E-state index is 9.52. The van der Waals surface area contributed by atoms with Crippen molar-refractivity contribution in [2.75, 3.05) is 30.3 Å². The normalized spacial score (nSPS) is 17.1. The van der Waals surface area contributed by atoms with Crippen molar-refractivity contribution in [2.45, 2.75) is 12.8 Å². The van der Waals surface area contributed by atoms with Crippen molar-refractivity contribution in [1.82, 2.24) is 9.97 Å². The first-order valence-corrected chi connectivity index (χ1v) is 9.40. The van der Waals surface area contributed by atoms with Crippen LogP contribution in [0.1, 0.15) is 12.8 Å². The van der Waals surface area contributed by atoms with E-state index in [4.69, 9.17) is 5.73 Å². The van der Waals surface area contributed by atoms with Gasteiger partial charge in [0.2, 0.25) is 5.95 Å². The van der Waals surface area contributed by atoms with Gasteiger partial charge in [-0.25, -0.2) is 4.98 Å². The van der Waals surface area contributed by atoms with Crippen molar-refractivity contribution in [3.8, 4) is 22.4 Å². The fraction of sp³-hybridized carbons (Fsp3) is 0.273. The Labute approximate surface area is 159 Å². The van der Waals surface area contributed by atoms with Gasteiger partial charge in [0.25, 0.3) is 0 Å². The summed E-state index contributed by atoms with van der Waals surface area (Å²) in [6.45, 7) is 1.93. The first kappa shape index (κ1) is 17.5. The SMILES string of the molecule is Nc1nc(-c2ccccc2-c2ccccc2)cc(N2CCCC(CO)C2)n1. The fourth-order valence-corrected chi connectivity index (χ4v) is 3.75. The average Bonchev–Trinajstić information content (AvgIpc) is 2.74. The molecule has 1 fully saturated rings.